The molecule has 0 bridgehead atoms. The zero-order valence-electron chi connectivity index (χ0n) is 14.9. The van der Waals surface area contributed by atoms with E-state index in [2.05, 4.69) is 63.2 Å². The van der Waals surface area contributed by atoms with Gasteiger partial charge in [0, 0.05) is 44.5 Å². The van der Waals surface area contributed by atoms with Crippen LogP contribution >= 0.6 is 0 Å². The summed E-state index contributed by atoms with van der Waals surface area (Å²) in [6.07, 6.45) is 1.48. The molecule has 1 saturated heterocycles. The summed E-state index contributed by atoms with van der Waals surface area (Å²) in [6.45, 7) is 8.40. The molecule has 1 amide bonds. The monoisotopic (exact) mass is 339 g/mol. The number of carbonyl (C=O) groups is 1. The molecule has 2 aromatic rings. The average molecular weight is 339 g/mol. The van der Waals surface area contributed by atoms with Crippen molar-refractivity contribution in [2.24, 2.45) is 5.92 Å². The molecular weight excluding hydrogens is 314 g/mol. The fourth-order valence-electron chi connectivity index (χ4n) is 2.86. The summed E-state index contributed by atoms with van der Waals surface area (Å²) in [4.78, 5) is 25.2. The highest BCUT2D eigenvalue weighted by Gasteiger charge is 2.19. The predicted octanol–water partition coefficient (Wildman–Crippen LogP) is 2.19. The molecular formula is C19H25N5O. The summed E-state index contributed by atoms with van der Waals surface area (Å²) in [5.74, 6) is 1.09. The molecule has 0 atom stereocenters. The summed E-state index contributed by atoms with van der Waals surface area (Å²) in [5.41, 5.74) is 1.68. The Bertz CT molecular complexity index is 696. The van der Waals surface area contributed by atoms with E-state index in [4.69, 9.17) is 0 Å². The van der Waals surface area contributed by atoms with Gasteiger partial charge in [-0.1, -0.05) is 32.0 Å². The van der Waals surface area contributed by atoms with Crippen LogP contribution in [-0.4, -0.2) is 48.6 Å². The van der Waals surface area contributed by atoms with E-state index in [1.165, 1.54) is 12.0 Å². The molecule has 1 aromatic carbocycles. The van der Waals surface area contributed by atoms with Crippen LogP contribution in [0.15, 0.2) is 42.7 Å². The van der Waals surface area contributed by atoms with Crippen LogP contribution < -0.4 is 15.1 Å². The number of nitrogens with zero attached hydrogens (tertiary/aromatic N) is 4. The van der Waals surface area contributed by atoms with Gasteiger partial charge >= 0.3 is 0 Å². The standard InChI is InChI=1S/C19H25N5O/c1-15(2)13-20-19(25)17-12-18(22-14-21-17)24-10-8-23(9-11-24)16-6-4-3-5-7-16/h3-7,12,14-15H,8-11,13H2,1-2H3,(H,20,25). The lowest BCUT2D eigenvalue weighted by molar-refractivity contribution is 0.0944. The number of rotatable bonds is 5. The van der Waals surface area contributed by atoms with Crippen molar-refractivity contribution in [1.29, 1.82) is 0 Å². The lowest BCUT2D eigenvalue weighted by Crippen LogP contribution is -2.47. The maximum atomic E-state index is 12.2. The minimum atomic E-state index is -0.139. The number of benzene rings is 1. The molecule has 132 valence electrons. The van der Waals surface area contributed by atoms with E-state index >= 15 is 0 Å². The molecule has 1 aliphatic rings. The molecule has 3 rings (SSSR count). The second kappa shape index (κ2) is 7.96. The molecule has 1 fully saturated rings. The average Bonchev–Trinajstić information content (AvgIpc) is 2.67. The SMILES string of the molecule is CC(C)CNC(=O)c1cc(N2CCN(c3ccccc3)CC2)ncn1. The molecule has 25 heavy (non-hydrogen) atoms. The Hall–Kier alpha value is -2.63. The van der Waals surface area contributed by atoms with Crippen molar-refractivity contribution in [2.45, 2.75) is 13.8 Å². The topological polar surface area (TPSA) is 61.4 Å². The number of hydrogen-bond acceptors (Lipinski definition) is 5. The fraction of sp³-hybridized carbons (Fsp3) is 0.421. The fourth-order valence-corrected chi connectivity index (χ4v) is 2.86. The summed E-state index contributed by atoms with van der Waals surface area (Å²) in [7, 11) is 0. The van der Waals surface area contributed by atoms with Gasteiger partial charge in [0.2, 0.25) is 0 Å². The first-order valence-electron chi connectivity index (χ1n) is 8.78. The first-order chi connectivity index (χ1) is 12.1. The lowest BCUT2D eigenvalue weighted by Gasteiger charge is -2.36. The lowest BCUT2D eigenvalue weighted by atomic mass is 10.2. The third kappa shape index (κ3) is 4.47. The summed E-state index contributed by atoms with van der Waals surface area (Å²) < 4.78 is 0. The van der Waals surface area contributed by atoms with Gasteiger partial charge in [-0.15, -0.1) is 0 Å². The van der Waals surface area contributed by atoms with E-state index in [9.17, 15) is 4.79 Å². The van der Waals surface area contributed by atoms with Gasteiger partial charge in [-0.3, -0.25) is 4.79 Å². The van der Waals surface area contributed by atoms with Gasteiger partial charge in [-0.2, -0.15) is 0 Å². The van der Waals surface area contributed by atoms with Gasteiger partial charge in [0.1, 0.15) is 17.8 Å². The Labute approximate surface area is 148 Å². The van der Waals surface area contributed by atoms with E-state index in [0.717, 1.165) is 32.0 Å². The maximum Gasteiger partial charge on any atom is 0.270 e. The zero-order chi connectivity index (χ0) is 17.6. The number of nitrogens with one attached hydrogen (secondary N) is 1. The van der Waals surface area contributed by atoms with Crippen molar-refractivity contribution in [3.63, 3.8) is 0 Å². The first-order valence-corrected chi connectivity index (χ1v) is 8.78. The molecule has 0 radical (unpaired) electrons. The van der Waals surface area contributed by atoms with Crippen LogP contribution in [0.25, 0.3) is 0 Å². The molecule has 1 aliphatic heterocycles. The number of aromatic nitrogens is 2. The smallest absolute Gasteiger partial charge is 0.270 e. The van der Waals surface area contributed by atoms with Crippen molar-refractivity contribution >= 4 is 17.4 Å². The Kier molecular flexibility index (Phi) is 5.48. The van der Waals surface area contributed by atoms with Crippen LogP contribution in [0, 0.1) is 5.92 Å². The second-order valence-electron chi connectivity index (χ2n) is 6.67. The van der Waals surface area contributed by atoms with Crippen molar-refractivity contribution in [3.05, 3.63) is 48.4 Å². The molecule has 1 aromatic heterocycles. The molecule has 6 nitrogen and oxygen atoms in total. The minimum Gasteiger partial charge on any atom is -0.368 e. The van der Waals surface area contributed by atoms with Gasteiger partial charge < -0.3 is 15.1 Å². The van der Waals surface area contributed by atoms with Crippen LogP contribution in [0.1, 0.15) is 24.3 Å². The Morgan fingerprint density at radius 1 is 1.08 bits per heavy atom. The number of amides is 1. The molecule has 0 aliphatic carbocycles. The zero-order valence-corrected chi connectivity index (χ0v) is 14.9. The van der Waals surface area contributed by atoms with Crippen LogP contribution in [0.5, 0.6) is 0 Å². The highest BCUT2D eigenvalue weighted by atomic mass is 16.1. The molecule has 0 saturated carbocycles. The van der Waals surface area contributed by atoms with E-state index in [1.54, 1.807) is 6.07 Å². The third-order valence-electron chi connectivity index (χ3n) is 4.28. The second-order valence-corrected chi connectivity index (χ2v) is 6.67. The number of piperazine rings is 1. The molecule has 1 N–H and O–H groups in total. The molecule has 2 heterocycles. The highest BCUT2D eigenvalue weighted by molar-refractivity contribution is 5.92. The maximum absolute atomic E-state index is 12.2. The van der Waals surface area contributed by atoms with Crippen molar-refractivity contribution in [1.82, 2.24) is 15.3 Å². The molecule has 6 heteroatoms. The quantitative estimate of drug-likeness (QED) is 0.905. The summed E-state index contributed by atoms with van der Waals surface area (Å²) >= 11 is 0. The van der Waals surface area contributed by atoms with Gasteiger partial charge in [-0.05, 0) is 18.1 Å². The molecule has 0 unspecified atom stereocenters. The van der Waals surface area contributed by atoms with Crippen LogP contribution in [0.2, 0.25) is 0 Å². The Morgan fingerprint density at radius 2 is 1.76 bits per heavy atom. The third-order valence-corrected chi connectivity index (χ3v) is 4.28. The van der Waals surface area contributed by atoms with Gasteiger partial charge in [0.05, 0.1) is 0 Å². The highest BCUT2D eigenvalue weighted by Crippen LogP contribution is 2.19. The number of anilines is 2. The summed E-state index contributed by atoms with van der Waals surface area (Å²) in [5, 5.41) is 2.90. The van der Waals surface area contributed by atoms with E-state index in [0.29, 0.717) is 18.2 Å². The van der Waals surface area contributed by atoms with E-state index in [-0.39, 0.29) is 5.91 Å². The van der Waals surface area contributed by atoms with Crippen LogP contribution in [0.4, 0.5) is 11.5 Å². The predicted molar refractivity (Wildman–Crippen MR) is 100 cm³/mol. The van der Waals surface area contributed by atoms with Gasteiger partial charge in [-0.25, -0.2) is 9.97 Å². The normalized spacial score (nSPS) is 14.7. The Balaban J connectivity index is 1.62. The van der Waals surface area contributed by atoms with Gasteiger partial charge in [0.15, 0.2) is 0 Å². The van der Waals surface area contributed by atoms with E-state index < -0.39 is 0 Å². The first kappa shape index (κ1) is 17.2. The van der Waals surface area contributed by atoms with Crippen LogP contribution in [-0.2, 0) is 0 Å². The number of para-hydroxylation sites is 1. The van der Waals surface area contributed by atoms with Crippen molar-refractivity contribution < 1.29 is 4.79 Å². The minimum absolute atomic E-state index is 0.139. The number of carbonyl (C=O) groups excluding carboxylic acids is 1. The van der Waals surface area contributed by atoms with Crippen LogP contribution in [0.3, 0.4) is 0 Å². The molecule has 0 spiro atoms. The van der Waals surface area contributed by atoms with Crippen molar-refractivity contribution in [2.75, 3.05) is 42.5 Å². The van der Waals surface area contributed by atoms with Gasteiger partial charge in [0.25, 0.3) is 5.91 Å². The van der Waals surface area contributed by atoms with Crippen molar-refractivity contribution in [3.8, 4) is 0 Å². The summed E-state index contributed by atoms with van der Waals surface area (Å²) in [6, 6.07) is 12.2. The Morgan fingerprint density at radius 3 is 2.44 bits per heavy atom. The number of hydrogen-bond donors (Lipinski definition) is 1. The van der Waals surface area contributed by atoms with E-state index in [1.807, 2.05) is 6.07 Å². The largest absolute Gasteiger partial charge is 0.368 e.